The molecule has 0 fully saturated rings. The van der Waals surface area contributed by atoms with Crippen LogP contribution in [0.15, 0.2) is 42.5 Å². The summed E-state index contributed by atoms with van der Waals surface area (Å²) >= 11 is 0. The van der Waals surface area contributed by atoms with Crippen LogP contribution in [0.25, 0.3) is 21.8 Å². The summed E-state index contributed by atoms with van der Waals surface area (Å²) in [5.41, 5.74) is 2.36. The first-order valence-electron chi connectivity index (χ1n) is 6.62. The second-order valence-electron chi connectivity index (χ2n) is 6.33. The van der Waals surface area contributed by atoms with Crippen molar-refractivity contribution in [1.82, 2.24) is 4.57 Å². The number of fused-ring (bicyclic) bond motifs is 3. The Labute approximate surface area is 113 Å². The average Bonchev–Trinajstić information content (AvgIpc) is 2.62. The molecule has 0 radical (unpaired) electrons. The van der Waals surface area contributed by atoms with Crippen molar-refractivity contribution in [2.75, 3.05) is 0 Å². The van der Waals surface area contributed by atoms with E-state index in [0.717, 1.165) is 22.5 Å². The van der Waals surface area contributed by atoms with Gasteiger partial charge in [0.1, 0.15) is 5.82 Å². The van der Waals surface area contributed by atoms with Crippen molar-refractivity contribution in [2.24, 2.45) is 0 Å². The third kappa shape index (κ3) is 2.19. The van der Waals surface area contributed by atoms with E-state index in [1.807, 2.05) is 12.1 Å². The van der Waals surface area contributed by atoms with E-state index in [9.17, 15) is 4.39 Å². The topological polar surface area (TPSA) is 4.93 Å². The molecule has 1 nitrogen and oxygen atoms in total. The van der Waals surface area contributed by atoms with Crippen LogP contribution in [0.5, 0.6) is 0 Å². The first-order valence-corrected chi connectivity index (χ1v) is 10.3. The van der Waals surface area contributed by atoms with E-state index in [1.165, 1.54) is 5.52 Å². The molecule has 0 spiro atoms. The quantitative estimate of drug-likeness (QED) is 0.589. The number of hydrogen-bond acceptors (Lipinski definition) is 0. The van der Waals surface area contributed by atoms with Gasteiger partial charge in [-0.15, -0.1) is 0 Å². The molecule has 0 saturated carbocycles. The van der Waals surface area contributed by atoms with E-state index in [0.29, 0.717) is 0 Å². The van der Waals surface area contributed by atoms with E-state index < -0.39 is 8.07 Å². The van der Waals surface area contributed by atoms with Gasteiger partial charge in [-0.05, 0) is 24.3 Å². The van der Waals surface area contributed by atoms with E-state index in [1.54, 1.807) is 12.1 Å². The number of benzene rings is 2. The number of para-hydroxylation sites is 1. The van der Waals surface area contributed by atoms with Crippen LogP contribution in [0.2, 0.25) is 19.6 Å². The fourth-order valence-electron chi connectivity index (χ4n) is 2.67. The Morgan fingerprint density at radius 1 is 0.947 bits per heavy atom. The van der Waals surface area contributed by atoms with Gasteiger partial charge in [0.15, 0.2) is 0 Å². The minimum Gasteiger partial charge on any atom is -0.344 e. The minimum absolute atomic E-state index is 0.164. The first-order chi connectivity index (χ1) is 8.96. The largest absolute Gasteiger partial charge is 0.344 e. The van der Waals surface area contributed by atoms with Gasteiger partial charge in [0, 0.05) is 28.0 Å². The molecular formula is C16H18FNSi. The van der Waals surface area contributed by atoms with Crippen molar-refractivity contribution in [3.63, 3.8) is 0 Å². The molecule has 0 aliphatic rings. The molecule has 0 N–H and O–H groups in total. The number of hydrogen-bond donors (Lipinski definition) is 0. The summed E-state index contributed by atoms with van der Waals surface area (Å²) < 4.78 is 15.9. The predicted molar refractivity (Wildman–Crippen MR) is 82.7 cm³/mol. The Morgan fingerprint density at radius 2 is 1.63 bits per heavy atom. The van der Waals surface area contributed by atoms with Crippen LogP contribution in [0.4, 0.5) is 4.39 Å². The Bertz CT molecular complexity index is 752. The fraction of sp³-hybridized carbons (Fsp3) is 0.250. The van der Waals surface area contributed by atoms with Gasteiger partial charge in [-0.1, -0.05) is 37.8 Å². The Balaban J connectivity index is 2.39. The van der Waals surface area contributed by atoms with Gasteiger partial charge in [-0.2, -0.15) is 0 Å². The lowest BCUT2D eigenvalue weighted by Crippen LogP contribution is -2.27. The number of nitrogens with zero attached hydrogens (tertiary/aromatic N) is 1. The molecule has 1 heterocycles. The van der Waals surface area contributed by atoms with Crippen LogP contribution in [0.3, 0.4) is 0 Å². The Morgan fingerprint density at radius 3 is 2.37 bits per heavy atom. The van der Waals surface area contributed by atoms with Crippen molar-refractivity contribution in [1.29, 1.82) is 0 Å². The van der Waals surface area contributed by atoms with E-state index >= 15 is 0 Å². The highest BCUT2D eigenvalue weighted by atomic mass is 28.3. The average molecular weight is 271 g/mol. The number of halogens is 1. The SMILES string of the molecule is C[Si](C)(C)Cn1c2ccccc2c2cc(F)ccc21. The summed E-state index contributed by atoms with van der Waals surface area (Å²) in [6.45, 7) is 7.07. The maximum atomic E-state index is 13.5. The molecule has 0 unspecified atom stereocenters. The van der Waals surface area contributed by atoms with Gasteiger partial charge >= 0.3 is 0 Å². The van der Waals surface area contributed by atoms with Crippen molar-refractivity contribution in [2.45, 2.75) is 25.8 Å². The van der Waals surface area contributed by atoms with Gasteiger partial charge in [-0.3, -0.25) is 0 Å². The minimum atomic E-state index is -1.24. The van der Waals surface area contributed by atoms with Crippen molar-refractivity contribution >= 4 is 29.9 Å². The molecule has 3 rings (SSSR count). The van der Waals surface area contributed by atoms with Crippen molar-refractivity contribution in [3.05, 3.63) is 48.3 Å². The summed E-state index contributed by atoms with van der Waals surface area (Å²) in [6.07, 6.45) is 1.06. The third-order valence-corrected chi connectivity index (χ3v) is 4.63. The molecule has 98 valence electrons. The highest BCUT2D eigenvalue weighted by Crippen LogP contribution is 2.30. The summed E-state index contributed by atoms with van der Waals surface area (Å²) in [6, 6.07) is 13.4. The van der Waals surface area contributed by atoms with Gasteiger partial charge in [0.2, 0.25) is 0 Å². The molecule has 0 atom stereocenters. The zero-order chi connectivity index (χ0) is 13.6. The van der Waals surface area contributed by atoms with Crippen LogP contribution in [0.1, 0.15) is 0 Å². The zero-order valence-corrected chi connectivity index (χ0v) is 12.6. The van der Waals surface area contributed by atoms with Crippen molar-refractivity contribution < 1.29 is 4.39 Å². The maximum absolute atomic E-state index is 13.5. The summed E-state index contributed by atoms with van der Waals surface area (Å²) in [5.74, 6) is -0.164. The molecule has 1 aromatic heterocycles. The first kappa shape index (κ1) is 12.4. The van der Waals surface area contributed by atoms with E-state index in [2.05, 4.69) is 42.4 Å². The monoisotopic (exact) mass is 271 g/mol. The van der Waals surface area contributed by atoms with Crippen molar-refractivity contribution in [3.8, 4) is 0 Å². The molecule has 2 aromatic carbocycles. The van der Waals surface area contributed by atoms with Gasteiger partial charge in [0.05, 0.1) is 8.07 Å². The molecule has 3 aromatic rings. The second kappa shape index (κ2) is 4.20. The standard InChI is InChI=1S/C16H18FNSi/c1-19(2,3)11-18-15-7-5-4-6-13(15)14-10-12(17)8-9-16(14)18/h4-10H,11H2,1-3H3. The van der Waals surface area contributed by atoms with Crippen LogP contribution in [-0.2, 0) is 6.17 Å². The van der Waals surface area contributed by atoms with Crippen LogP contribution in [-0.4, -0.2) is 12.6 Å². The molecule has 0 bridgehead atoms. The second-order valence-corrected chi connectivity index (χ2v) is 11.8. The third-order valence-electron chi connectivity index (χ3n) is 3.37. The lowest BCUT2D eigenvalue weighted by atomic mass is 10.1. The van der Waals surface area contributed by atoms with Gasteiger partial charge in [0.25, 0.3) is 0 Å². The lowest BCUT2D eigenvalue weighted by Gasteiger charge is -2.18. The lowest BCUT2D eigenvalue weighted by molar-refractivity contribution is 0.629. The van der Waals surface area contributed by atoms with E-state index in [-0.39, 0.29) is 5.82 Å². The smallest absolute Gasteiger partial charge is 0.123 e. The number of aromatic nitrogens is 1. The van der Waals surface area contributed by atoms with Gasteiger partial charge < -0.3 is 4.57 Å². The summed E-state index contributed by atoms with van der Waals surface area (Å²) in [7, 11) is -1.24. The fourth-order valence-corrected chi connectivity index (χ4v) is 3.96. The molecule has 0 aliphatic heterocycles. The predicted octanol–water partition coefficient (Wildman–Crippen LogP) is 4.81. The molecule has 3 heteroatoms. The van der Waals surface area contributed by atoms with Gasteiger partial charge in [-0.25, -0.2) is 4.39 Å². The number of rotatable bonds is 2. The van der Waals surface area contributed by atoms with Crippen LogP contribution in [0, 0.1) is 5.82 Å². The summed E-state index contributed by atoms with van der Waals surface area (Å²) in [4.78, 5) is 0. The molecule has 0 aliphatic carbocycles. The van der Waals surface area contributed by atoms with Crippen LogP contribution >= 0.6 is 0 Å². The zero-order valence-electron chi connectivity index (χ0n) is 11.6. The normalized spacial score (nSPS) is 12.4. The molecule has 19 heavy (non-hydrogen) atoms. The Hall–Kier alpha value is -1.61. The van der Waals surface area contributed by atoms with E-state index in [4.69, 9.17) is 0 Å². The maximum Gasteiger partial charge on any atom is 0.123 e. The summed E-state index contributed by atoms with van der Waals surface area (Å²) in [5, 5.41) is 2.17. The van der Waals surface area contributed by atoms with Crippen LogP contribution < -0.4 is 0 Å². The molecule has 0 amide bonds. The highest BCUT2D eigenvalue weighted by molar-refractivity contribution is 6.75. The molecular weight excluding hydrogens is 253 g/mol. The highest BCUT2D eigenvalue weighted by Gasteiger charge is 2.18. The molecule has 0 saturated heterocycles. The Kier molecular flexibility index (Phi) is 2.75.